The monoisotopic (exact) mass is 325 g/mol. The molecular weight excluding hydrogens is 302 g/mol. The van der Waals surface area contributed by atoms with E-state index in [1.165, 1.54) is 5.56 Å². The van der Waals surface area contributed by atoms with Crippen LogP contribution in [0.3, 0.4) is 0 Å². The van der Waals surface area contributed by atoms with Gasteiger partial charge in [0.05, 0.1) is 11.6 Å². The van der Waals surface area contributed by atoms with Crippen molar-refractivity contribution in [2.75, 3.05) is 7.05 Å². The summed E-state index contributed by atoms with van der Waals surface area (Å²) in [5.74, 6) is -0.863. The van der Waals surface area contributed by atoms with Crippen molar-refractivity contribution in [3.8, 4) is 0 Å². The quantitative estimate of drug-likeness (QED) is 0.878. The van der Waals surface area contributed by atoms with Crippen molar-refractivity contribution in [2.45, 2.75) is 32.7 Å². The van der Waals surface area contributed by atoms with Gasteiger partial charge in [-0.15, -0.1) is 0 Å². The van der Waals surface area contributed by atoms with E-state index in [9.17, 15) is 9.59 Å². The molecule has 24 heavy (non-hydrogen) atoms. The summed E-state index contributed by atoms with van der Waals surface area (Å²) in [6.07, 6.45) is 1.00. The summed E-state index contributed by atoms with van der Waals surface area (Å²) in [7, 11) is 1.83. The van der Waals surface area contributed by atoms with Gasteiger partial charge in [0.2, 0.25) is 5.91 Å². The number of aryl methyl sites for hydroxylation is 2. The van der Waals surface area contributed by atoms with Crippen LogP contribution in [-0.4, -0.2) is 28.9 Å². The van der Waals surface area contributed by atoms with Gasteiger partial charge in [-0.05, 0) is 49.1 Å². The lowest BCUT2D eigenvalue weighted by molar-refractivity contribution is -0.131. The standard InChI is InChI=1S/C20H23NO3/c1-14-6-4-5-7-18(14)15(2)21(3)19(22)13-10-16-8-11-17(12-9-16)20(23)24/h4-9,11-12,15H,10,13H2,1-3H3,(H,23,24). The Labute approximate surface area is 142 Å². The van der Waals surface area contributed by atoms with Gasteiger partial charge >= 0.3 is 5.97 Å². The fourth-order valence-corrected chi connectivity index (χ4v) is 2.72. The average molecular weight is 325 g/mol. The fraction of sp³-hybridized carbons (Fsp3) is 0.300. The largest absolute Gasteiger partial charge is 0.478 e. The molecule has 0 aromatic heterocycles. The number of carboxylic acid groups (broad SMARTS) is 1. The molecule has 1 amide bonds. The molecule has 1 unspecified atom stereocenters. The third-order valence-electron chi connectivity index (χ3n) is 4.44. The van der Waals surface area contributed by atoms with E-state index in [1.54, 1.807) is 29.2 Å². The van der Waals surface area contributed by atoms with Crippen molar-refractivity contribution in [3.63, 3.8) is 0 Å². The summed E-state index contributed by atoms with van der Waals surface area (Å²) >= 11 is 0. The molecule has 4 heteroatoms. The lowest BCUT2D eigenvalue weighted by Gasteiger charge is -2.26. The molecule has 0 bridgehead atoms. The second-order valence-electron chi connectivity index (χ2n) is 6.04. The van der Waals surface area contributed by atoms with Crippen LogP contribution < -0.4 is 0 Å². The first kappa shape index (κ1) is 17.7. The number of carbonyl (C=O) groups excluding carboxylic acids is 1. The van der Waals surface area contributed by atoms with Crippen LogP contribution in [0.15, 0.2) is 48.5 Å². The Morgan fingerprint density at radius 2 is 1.71 bits per heavy atom. The zero-order valence-corrected chi connectivity index (χ0v) is 14.3. The molecule has 126 valence electrons. The number of carbonyl (C=O) groups is 2. The molecule has 1 atom stereocenters. The molecule has 0 aliphatic heterocycles. The first-order valence-corrected chi connectivity index (χ1v) is 8.03. The molecule has 0 aliphatic rings. The van der Waals surface area contributed by atoms with Gasteiger partial charge in [-0.25, -0.2) is 4.79 Å². The molecule has 2 aromatic carbocycles. The highest BCUT2D eigenvalue weighted by Gasteiger charge is 2.18. The van der Waals surface area contributed by atoms with Crippen LogP contribution in [0, 0.1) is 6.92 Å². The van der Waals surface area contributed by atoms with E-state index >= 15 is 0 Å². The maximum Gasteiger partial charge on any atom is 0.335 e. The number of rotatable bonds is 6. The topological polar surface area (TPSA) is 57.6 Å². The zero-order chi connectivity index (χ0) is 17.7. The third kappa shape index (κ3) is 4.22. The van der Waals surface area contributed by atoms with E-state index in [0.717, 1.165) is 11.1 Å². The summed E-state index contributed by atoms with van der Waals surface area (Å²) in [4.78, 5) is 25.1. The molecule has 2 aromatic rings. The van der Waals surface area contributed by atoms with Crippen LogP contribution in [0.2, 0.25) is 0 Å². The Bertz CT molecular complexity index is 722. The Morgan fingerprint density at radius 3 is 2.29 bits per heavy atom. The number of carboxylic acids is 1. The summed E-state index contributed by atoms with van der Waals surface area (Å²) in [6, 6.07) is 14.8. The van der Waals surface area contributed by atoms with Crippen LogP contribution in [0.25, 0.3) is 0 Å². The van der Waals surface area contributed by atoms with E-state index in [-0.39, 0.29) is 17.5 Å². The van der Waals surface area contributed by atoms with Gasteiger partial charge in [0.25, 0.3) is 0 Å². The lowest BCUT2D eigenvalue weighted by atomic mass is 10.0. The predicted molar refractivity (Wildman–Crippen MR) is 94.1 cm³/mol. The molecule has 0 aliphatic carbocycles. The van der Waals surface area contributed by atoms with Gasteiger partial charge in [0.1, 0.15) is 0 Å². The minimum Gasteiger partial charge on any atom is -0.478 e. The molecule has 0 spiro atoms. The maximum absolute atomic E-state index is 12.4. The second-order valence-corrected chi connectivity index (χ2v) is 6.04. The van der Waals surface area contributed by atoms with Crippen molar-refractivity contribution in [1.29, 1.82) is 0 Å². The van der Waals surface area contributed by atoms with Crippen LogP contribution >= 0.6 is 0 Å². The van der Waals surface area contributed by atoms with Crippen molar-refractivity contribution in [1.82, 2.24) is 4.90 Å². The Morgan fingerprint density at radius 1 is 1.08 bits per heavy atom. The molecular formula is C20H23NO3. The van der Waals surface area contributed by atoms with Crippen molar-refractivity contribution >= 4 is 11.9 Å². The number of nitrogens with zero attached hydrogens (tertiary/aromatic N) is 1. The van der Waals surface area contributed by atoms with Crippen LogP contribution in [0.1, 0.15) is 46.4 Å². The Hall–Kier alpha value is -2.62. The predicted octanol–water partition coefficient (Wildman–Crippen LogP) is 3.85. The second kappa shape index (κ2) is 7.77. The first-order chi connectivity index (χ1) is 11.4. The van der Waals surface area contributed by atoms with Crippen LogP contribution in [0.5, 0.6) is 0 Å². The van der Waals surface area contributed by atoms with E-state index in [4.69, 9.17) is 5.11 Å². The molecule has 0 saturated heterocycles. The van der Waals surface area contributed by atoms with E-state index in [2.05, 4.69) is 6.07 Å². The number of aromatic carboxylic acids is 1. The molecule has 2 rings (SSSR count). The minimum atomic E-state index is -0.940. The normalized spacial score (nSPS) is 11.8. The summed E-state index contributed by atoms with van der Waals surface area (Å²) < 4.78 is 0. The van der Waals surface area contributed by atoms with Gasteiger partial charge in [-0.3, -0.25) is 4.79 Å². The third-order valence-corrected chi connectivity index (χ3v) is 4.44. The van der Waals surface area contributed by atoms with Gasteiger partial charge in [0.15, 0.2) is 0 Å². The van der Waals surface area contributed by atoms with Gasteiger partial charge in [-0.1, -0.05) is 36.4 Å². The first-order valence-electron chi connectivity index (χ1n) is 8.03. The van der Waals surface area contributed by atoms with Gasteiger partial charge in [0, 0.05) is 13.5 Å². The van der Waals surface area contributed by atoms with Crippen molar-refractivity contribution in [2.24, 2.45) is 0 Å². The number of amides is 1. The highest BCUT2D eigenvalue weighted by atomic mass is 16.4. The van der Waals surface area contributed by atoms with Crippen LogP contribution in [-0.2, 0) is 11.2 Å². The van der Waals surface area contributed by atoms with Crippen molar-refractivity contribution < 1.29 is 14.7 Å². The highest BCUT2D eigenvalue weighted by molar-refractivity contribution is 5.87. The van der Waals surface area contributed by atoms with E-state index in [0.29, 0.717) is 12.8 Å². The number of hydrogen-bond acceptors (Lipinski definition) is 2. The van der Waals surface area contributed by atoms with Gasteiger partial charge < -0.3 is 10.0 Å². The van der Waals surface area contributed by atoms with E-state index < -0.39 is 5.97 Å². The Balaban J connectivity index is 1.96. The zero-order valence-electron chi connectivity index (χ0n) is 14.3. The average Bonchev–Trinajstić information content (AvgIpc) is 2.59. The molecule has 1 N–H and O–H groups in total. The van der Waals surface area contributed by atoms with Gasteiger partial charge in [-0.2, -0.15) is 0 Å². The molecule has 0 heterocycles. The molecule has 0 saturated carbocycles. The minimum absolute atomic E-state index is 0.0214. The molecule has 0 radical (unpaired) electrons. The van der Waals surface area contributed by atoms with Crippen LogP contribution in [0.4, 0.5) is 0 Å². The maximum atomic E-state index is 12.4. The van der Waals surface area contributed by atoms with Crippen molar-refractivity contribution in [3.05, 3.63) is 70.8 Å². The molecule has 4 nitrogen and oxygen atoms in total. The fourth-order valence-electron chi connectivity index (χ4n) is 2.72. The highest BCUT2D eigenvalue weighted by Crippen LogP contribution is 2.22. The summed E-state index contributed by atoms with van der Waals surface area (Å²) in [6.45, 7) is 4.08. The number of hydrogen-bond donors (Lipinski definition) is 1. The summed E-state index contributed by atoms with van der Waals surface area (Å²) in [5.41, 5.74) is 3.55. The molecule has 0 fully saturated rings. The van der Waals surface area contributed by atoms with E-state index in [1.807, 2.05) is 39.1 Å². The Kier molecular flexibility index (Phi) is 5.74. The summed E-state index contributed by atoms with van der Waals surface area (Å²) in [5, 5.41) is 8.90. The smallest absolute Gasteiger partial charge is 0.335 e. The lowest BCUT2D eigenvalue weighted by Crippen LogP contribution is -2.30. The SMILES string of the molecule is Cc1ccccc1C(C)N(C)C(=O)CCc1ccc(C(=O)O)cc1. The number of benzene rings is 2.